The number of benzene rings is 1. The molecule has 1 heterocycles. The maximum Gasteiger partial charge on any atom is 0.127 e. The Balaban J connectivity index is 2.32. The lowest BCUT2D eigenvalue weighted by Gasteiger charge is -2.24. The molecule has 0 amide bonds. The Kier molecular flexibility index (Phi) is 2.73. The predicted molar refractivity (Wildman–Crippen MR) is 76.2 cm³/mol. The SMILES string of the molecule is Cc1c(O)c(-c2cn[nH]c2N)c(C)c2c1CCCC2. The van der Waals surface area contributed by atoms with Crippen molar-refractivity contribution < 1.29 is 5.11 Å². The standard InChI is InChI=1S/C15H19N3O/c1-8-10-5-3-4-6-11(10)9(2)14(19)13(8)12-7-17-18-15(12)16/h7,19H,3-6H2,1-2H3,(H3,16,17,18). The Bertz CT molecular complexity index is 643. The number of aromatic nitrogens is 2. The minimum Gasteiger partial charge on any atom is -0.507 e. The van der Waals surface area contributed by atoms with Gasteiger partial charge in [-0.1, -0.05) is 0 Å². The van der Waals surface area contributed by atoms with Crippen molar-refractivity contribution in [2.45, 2.75) is 39.5 Å². The summed E-state index contributed by atoms with van der Waals surface area (Å²) in [6.45, 7) is 4.07. The fraction of sp³-hybridized carbons (Fsp3) is 0.400. The molecule has 100 valence electrons. The smallest absolute Gasteiger partial charge is 0.127 e. The summed E-state index contributed by atoms with van der Waals surface area (Å²) in [5, 5.41) is 17.2. The van der Waals surface area contributed by atoms with Crippen LogP contribution >= 0.6 is 0 Å². The average molecular weight is 257 g/mol. The molecule has 0 saturated heterocycles. The first-order chi connectivity index (χ1) is 9.11. The minimum absolute atomic E-state index is 0.353. The Labute approximate surface area is 112 Å². The van der Waals surface area contributed by atoms with Crippen molar-refractivity contribution in [3.05, 3.63) is 28.5 Å². The van der Waals surface area contributed by atoms with Gasteiger partial charge in [0.05, 0.1) is 6.20 Å². The van der Waals surface area contributed by atoms with Gasteiger partial charge in [-0.2, -0.15) is 5.10 Å². The van der Waals surface area contributed by atoms with Crippen molar-refractivity contribution >= 4 is 5.82 Å². The Hall–Kier alpha value is -1.97. The highest BCUT2D eigenvalue weighted by molar-refractivity contribution is 5.83. The molecular formula is C15H19N3O. The summed E-state index contributed by atoms with van der Waals surface area (Å²) in [5.41, 5.74) is 12.4. The molecule has 1 aromatic carbocycles. The van der Waals surface area contributed by atoms with Crippen molar-refractivity contribution in [1.82, 2.24) is 10.2 Å². The van der Waals surface area contributed by atoms with Gasteiger partial charge < -0.3 is 10.8 Å². The van der Waals surface area contributed by atoms with Crippen molar-refractivity contribution in [3.63, 3.8) is 0 Å². The lowest BCUT2D eigenvalue weighted by molar-refractivity contribution is 0.470. The first kappa shape index (κ1) is 12.1. The molecule has 0 saturated carbocycles. The van der Waals surface area contributed by atoms with Gasteiger partial charge in [0, 0.05) is 11.1 Å². The highest BCUT2D eigenvalue weighted by atomic mass is 16.3. The summed E-state index contributed by atoms with van der Waals surface area (Å²) in [4.78, 5) is 0. The Morgan fingerprint density at radius 3 is 2.37 bits per heavy atom. The number of aromatic hydroxyl groups is 1. The second-order valence-electron chi connectivity index (χ2n) is 5.34. The summed E-state index contributed by atoms with van der Waals surface area (Å²) in [5.74, 6) is 0.861. The number of nitrogen functional groups attached to an aromatic ring is 1. The maximum atomic E-state index is 10.5. The summed E-state index contributed by atoms with van der Waals surface area (Å²) in [6, 6.07) is 0. The molecular weight excluding hydrogens is 238 g/mol. The third-order valence-electron chi connectivity index (χ3n) is 4.28. The van der Waals surface area contributed by atoms with E-state index >= 15 is 0 Å². The zero-order valence-corrected chi connectivity index (χ0v) is 11.4. The van der Waals surface area contributed by atoms with E-state index in [4.69, 9.17) is 5.73 Å². The number of hydrogen-bond acceptors (Lipinski definition) is 3. The summed E-state index contributed by atoms with van der Waals surface area (Å²) < 4.78 is 0. The fourth-order valence-electron chi connectivity index (χ4n) is 3.22. The molecule has 0 bridgehead atoms. The highest BCUT2D eigenvalue weighted by Crippen LogP contribution is 2.43. The van der Waals surface area contributed by atoms with E-state index in [2.05, 4.69) is 17.1 Å². The lowest BCUT2D eigenvalue weighted by Crippen LogP contribution is -2.09. The van der Waals surface area contributed by atoms with Crippen LogP contribution in [0.3, 0.4) is 0 Å². The predicted octanol–water partition coefficient (Wildman–Crippen LogP) is 2.86. The second kappa shape index (κ2) is 4.30. The van der Waals surface area contributed by atoms with Gasteiger partial charge in [-0.3, -0.25) is 5.10 Å². The van der Waals surface area contributed by atoms with Crippen LogP contribution in [0, 0.1) is 13.8 Å². The van der Waals surface area contributed by atoms with Crippen molar-refractivity contribution in [2.75, 3.05) is 5.73 Å². The first-order valence-corrected chi connectivity index (χ1v) is 6.74. The van der Waals surface area contributed by atoms with Crippen LogP contribution in [0.5, 0.6) is 5.75 Å². The van der Waals surface area contributed by atoms with E-state index in [1.54, 1.807) is 6.20 Å². The molecule has 2 aromatic rings. The number of aromatic amines is 1. The first-order valence-electron chi connectivity index (χ1n) is 6.74. The third-order valence-corrected chi connectivity index (χ3v) is 4.28. The average Bonchev–Trinajstić information content (AvgIpc) is 2.83. The van der Waals surface area contributed by atoms with Gasteiger partial charge in [0.1, 0.15) is 11.6 Å². The zero-order valence-electron chi connectivity index (χ0n) is 11.4. The number of nitrogens with zero attached hydrogens (tertiary/aromatic N) is 1. The second-order valence-corrected chi connectivity index (χ2v) is 5.34. The van der Waals surface area contributed by atoms with Crippen LogP contribution in [-0.4, -0.2) is 15.3 Å². The van der Waals surface area contributed by atoms with Crippen LogP contribution in [0.25, 0.3) is 11.1 Å². The van der Waals surface area contributed by atoms with Crippen LogP contribution in [0.4, 0.5) is 5.82 Å². The van der Waals surface area contributed by atoms with E-state index in [1.165, 1.54) is 24.0 Å². The molecule has 0 aliphatic heterocycles. The van der Waals surface area contributed by atoms with Crippen molar-refractivity contribution in [2.24, 2.45) is 0 Å². The van der Waals surface area contributed by atoms with Gasteiger partial charge in [0.15, 0.2) is 0 Å². The number of fused-ring (bicyclic) bond motifs is 1. The topological polar surface area (TPSA) is 74.9 Å². The number of nitrogens with one attached hydrogen (secondary N) is 1. The van der Waals surface area contributed by atoms with Crippen LogP contribution in [-0.2, 0) is 12.8 Å². The van der Waals surface area contributed by atoms with Gasteiger partial charge >= 0.3 is 0 Å². The fourth-order valence-corrected chi connectivity index (χ4v) is 3.22. The summed E-state index contributed by atoms with van der Waals surface area (Å²) in [7, 11) is 0. The maximum absolute atomic E-state index is 10.5. The Morgan fingerprint density at radius 2 is 1.79 bits per heavy atom. The molecule has 19 heavy (non-hydrogen) atoms. The van der Waals surface area contributed by atoms with Crippen molar-refractivity contribution in [3.8, 4) is 16.9 Å². The van der Waals surface area contributed by atoms with E-state index in [9.17, 15) is 5.11 Å². The molecule has 4 N–H and O–H groups in total. The number of rotatable bonds is 1. The molecule has 4 heteroatoms. The molecule has 0 atom stereocenters. The lowest BCUT2D eigenvalue weighted by atomic mass is 9.82. The summed E-state index contributed by atoms with van der Waals surface area (Å²) in [6.07, 6.45) is 6.27. The molecule has 0 spiro atoms. The number of phenolic OH excluding ortho intramolecular Hbond substituents is 1. The monoisotopic (exact) mass is 257 g/mol. The van der Waals surface area contributed by atoms with Gasteiger partial charge in [0.25, 0.3) is 0 Å². The van der Waals surface area contributed by atoms with Crippen molar-refractivity contribution in [1.29, 1.82) is 0 Å². The van der Waals surface area contributed by atoms with Gasteiger partial charge in [-0.15, -0.1) is 0 Å². The molecule has 0 unspecified atom stereocenters. The molecule has 0 fully saturated rings. The molecule has 1 aromatic heterocycles. The minimum atomic E-state index is 0.353. The third kappa shape index (κ3) is 1.70. The number of phenols is 1. The number of hydrogen-bond donors (Lipinski definition) is 3. The molecule has 1 aliphatic rings. The van der Waals surface area contributed by atoms with Crippen LogP contribution in [0.2, 0.25) is 0 Å². The van der Waals surface area contributed by atoms with E-state index in [0.717, 1.165) is 35.1 Å². The Morgan fingerprint density at radius 1 is 1.16 bits per heavy atom. The van der Waals surface area contributed by atoms with E-state index in [-0.39, 0.29) is 0 Å². The van der Waals surface area contributed by atoms with Crippen LogP contribution in [0.15, 0.2) is 6.20 Å². The number of H-pyrrole nitrogens is 1. The van der Waals surface area contributed by atoms with E-state index in [0.29, 0.717) is 11.6 Å². The molecule has 0 radical (unpaired) electrons. The molecule has 4 nitrogen and oxygen atoms in total. The normalized spacial score (nSPS) is 14.4. The van der Waals surface area contributed by atoms with Gasteiger partial charge in [-0.25, -0.2) is 0 Å². The molecule has 3 rings (SSSR count). The van der Waals surface area contributed by atoms with E-state index < -0.39 is 0 Å². The van der Waals surface area contributed by atoms with E-state index in [1.807, 2.05) is 6.92 Å². The molecule has 1 aliphatic carbocycles. The number of anilines is 1. The zero-order chi connectivity index (χ0) is 13.6. The van der Waals surface area contributed by atoms with Crippen LogP contribution < -0.4 is 5.73 Å². The highest BCUT2D eigenvalue weighted by Gasteiger charge is 2.23. The summed E-state index contributed by atoms with van der Waals surface area (Å²) >= 11 is 0. The van der Waals surface area contributed by atoms with Gasteiger partial charge in [-0.05, 0) is 61.8 Å². The quantitative estimate of drug-likeness (QED) is 0.735. The largest absolute Gasteiger partial charge is 0.507 e. The number of nitrogens with two attached hydrogens (primary N) is 1. The van der Waals surface area contributed by atoms with Gasteiger partial charge in [0.2, 0.25) is 0 Å². The van der Waals surface area contributed by atoms with Crippen LogP contribution in [0.1, 0.15) is 35.1 Å².